The van der Waals surface area contributed by atoms with Gasteiger partial charge in [0.15, 0.2) is 0 Å². The van der Waals surface area contributed by atoms with E-state index in [1.54, 1.807) is 0 Å². The van der Waals surface area contributed by atoms with Crippen LogP contribution in [0.4, 0.5) is 13.2 Å². The average Bonchev–Trinajstić information content (AvgIpc) is 3.04. The first-order valence-electron chi connectivity index (χ1n) is 8.38. The molecule has 2 aliphatic rings. The minimum absolute atomic E-state index is 0.0195. The van der Waals surface area contributed by atoms with Gasteiger partial charge in [-0.1, -0.05) is 11.6 Å². The molecule has 1 fully saturated rings. The molecule has 154 valence electrons. The molecule has 12 heteroatoms. The highest BCUT2D eigenvalue weighted by Crippen LogP contribution is 2.40. The summed E-state index contributed by atoms with van der Waals surface area (Å²) in [5.74, 6) is -1.85. The summed E-state index contributed by atoms with van der Waals surface area (Å²) in [5, 5.41) is 13.7. The maximum Gasteiger partial charge on any atom is 0.438 e. The van der Waals surface area contributed by atoms with Gasteiger partial charge < -0.3 is 5.11 Å². The third-order valence-corrected chi connectivity index (χ3v) is 7.01. The molecule has 2 heterocycles. The first-order valence-corrected chi connectivity index (χ1v) is 10.2. The van der Waals surface area contributed by atoms with Crippen molar-refractivity contribution in [1.82, 2.24) is 9.31 Å². The Morgan fingerprint density at radius 1 is 1.21 bits per heavy atom. The van der Waals surface area contributed by atoms with Gasteiger partial charge in [0.05, 0.1) is 4.90 Å². The van der Waals surface area contributed by atoms with Gasteiger partial charge in [-0.15, -0.1) is 0 Å². The van der Waals surface area contributed by atoms with Gasteiger partial charge in [0.2, 0.25) is 15.9 Å². The van der Waals surface area contributed by atoms with Crippen molar-refractivity contribution in [2.45, 2.75) is 36.1 Å². The lowest BCUT2D eigenvalue weighted by Crippen LogP contribution is -2.58. The molecule has 1 aromatic rings. The van der Waals surface area contributed by atoms with Crippen LogP contribution >= 0.6 is 11.6 Å². The monoisotopic (exact) mass is 439 g/mol. The van der Waals surface area contributed by atoms with Crippen molar-refractivity contribution in [1.29, 1.82) is 0 Å². The van der Waals surface area contributed by atoms with Crippen LogP contribution in [0.1, 0.15) is 19.3 Å². The highest BCUT2D eigenvalue weighted by atomic mass is 35.5. The zero-order chi connectivity index (χ0) is 20.7. The summed E-state index contributed by atoms with van der Waals surface area (Å²) in [7, 11) is -3.80. The summed E-state index contributed by atoms with van der Waals surface area (Å²) in [6.45, 7) is -0.0767. The van der Waals surface area contributed by atoms with E-state index in [1.807, 2.05) is 0 Å². The van der Waals surface area contributed by atoms with Crippen molar-refractivity contribution < 1.29 is 31.5 Å². The molecular weight excluding hydrogens is 423 g/mol. The van der Waals surface area contributed by atoms with Gasteiger partial charge >= 0.3 is 6.18 Å². The first-order chi connectivity index (χ1) is 13.0. The van der Waals surface area contributed by atoms with Gasteiger partial charge in [-0.2, -0.15) is 27.6 Å². The van der Waals surface area contributed by atoms with E-state index in [1.165, 1.54) is 28.6 Å². The number of rotatable bonds is 3. The highest BCUT2D eigenvalue weighted by molar-refractivity contribution is 7.89. The number of nitrogens with zero attached hydrogens (tertiary/aromatic N) is 3. The molecule has 3 rings (SSSR count). The lowest BCUT2D eigenvalue weighted by molar-refractivity contribution is -0.303. The van der Waals surface area contributed by atoms with Gasteiger partial charge in [0.25, 0.3) is 5.72 Å². The van der Waals surface area contributed by atoms with Crippen LogP contribution in [-0.4, -0.2) is 60.0 Å². The van der Waals surface area contributed by atoms with Gasteiger partial charge in [0, 0.05) is 36.7 Å². The van der Waals surface area contributed by atoms with Crippen molar-refractivity contribution in [2.75, 3.05) is 13.1 Å². The molecule has 1 amide bonds. The molecule has 1 aromatic carbocycles. The van der Waals surface area contributed by atoms with E-state index in [0.29, 0.717) is 5.02 Å². The Morgan fingerprint density at radius 2 is 1.79 bits per heavy atom. The fraction of sp³-hybridized carbons (Fsp3) is 0.500. The summed E-state index contributed by atoms with van der Waals surface area (Å²) in [4.78, 5) is 12.5. The number of aliphatic hydroxyl groups is 1. The van der Waals surface area contributed by atoms with E-state index in [0.717, 1.165) is 6.21 Å². The molecule has 0 spiro atoms. The molecule has 1 unspecified atom stereocenters. The predicted molar refractivity (Wildman–Crippen MR) is 93.9 cm³/mol. The quantitative estimate of drug-likeness (QED) is 0.781. The van der Waals surface area contributed by atoms with Gasteiger partial charge in [-0.05, 0) is 37.1 Å². The second kappa shape index (κ2) is 7.29. The molecule has 2 aliphatic heterocycles. The largest absolute Gasteiger partial charge is 0.438 e. The smallest absolute Gasteiger partial charge is 0.362 e. The Balaban J connectivity index is 1.69. The molecule has 0 aliphatic carbocycles. The fourth-order valence-electron chi connectivity index (χ4n) is 3.18. The third-order valence-electron chi connectivity index (χ3n) is 4.84. The van der Waals surface area contributed by atoms with Crippen LogP contribution in [0.3, 0.4) is 0 Å². The number of amides is 1. The lowest BCUT2D eigenvalue weighted by Gasteiger charge is -2.36. The second-order valence-corrected chi connectivity index (χ2v) is 8.97. The van der Waals surface area contributed by atoms with Crippen LogP contribution in [0.2, 0.25) is 5.02 Å². The SMILES string of the molecule is O=C(C1CCN(S(=O)(=O)c2ccc(Cl)cc2)CC1)N1N=CCC1(O)C(F)(F)F. The number of carbonyl (C=O) groups excluding carboxylic acids is 1. The first kappa shape index (κ1) is 21.0. The Hall–Kier alpha value is -1.69. The molecule has 0 saturated carbocycles. The number of sulfonamides is 1. The molecule has 0 aromatic heterocycles. The van der Waals surface area contributed by atoms with Gasteiger partial charge in [-0.3, -0.25) is 4.79 Å². The summed E-state index contributed by atoms with van der Waals surface area (Å²) >= 11 is 5.76. The molecule has 1 saturated heterocycles. The Bertz CT molecular complexity index is 883. The van der Waals surface area contributed by atoms with Crippen molar-refractivity contribution >= 4 is 33.7 Å². The second-order valence-electron chi connectivity index (χ2n) is 6.60. The van der Waals surface area contributed by atoms with Crippen LogP contribution in [0.5, 0.6) is 0 Å². The van der Waals surface area contributed by atoms with E-state index >= 15 is 0 Å². The van der Waals surface area contributed by atoms with E-state index in [2.05, 4.69) is 5.10 Å². The lowest BCUT2D eigenvalue weighted by atomic mass is 9.96. The predicted octanol–water partition coefficient (Wildman–Crippen LogP) is 2.21. The van der Waals surface area contributed by atoms with Crippen molar-refractivity contribution in [3.63, 3.8) is 0 Å². The van der Waals surface area contributed by atoms with Gasteiger partial charge in [-0.25, -0.2) is 8.42 Å². The summed E-state index contributed by atoms with van der Waals surface area (Å²) < 4.78 is 65.9. The minimum Gasteiger partial charge on any atom is -0.362 e. The van der Waals surface area contributed by atoms with Crippen molar-refractivity contribution in [3.05, 3.63) is 29.3 Å². The maximum atomic E-state index is 13.1. The number of alkyl halides is 3. The highest BCUT2D eigenvalue weighted by Gasteiger charge is 2.62. The van der Waals surface area contributed by atoms with Crippen molar-refractivity contribution in [2.24, 2.45) is 11.0 Å². The van der Waals surface area contributed by atoms with Crippen LogP contribution in [0.25, 0.3) is 0 Å². The molecule has 28 heavy (non-hydrogen) atoms. The Morgan fingerprint density at radius 3 is 2.32 bits per heavy atom. The number of halogens is 4. The standard InChI is InChI=1S/C16H17ClF3N3O4S/c17-12-1-3-13(4-2-12)28(26,27)22-9-5-11(6-10-22)14(24)23-15(25,7-8-21-23)16(18,19)20/h1-4,8,11,25H,5-7,9-10H2. The van der Waals surface area contributed by atoms with Crippen LogP contribution in [0.15, 0.2) is 34.3 Å². The summed E-state index contributed by atoms with van der Waals surface area (Å²) in [6, 6.07) is 5.59. The number of piperidine rings is 1. The van der Waals surface area contributed by atoms with E-state index in [9.17, 15) is 31.5 Å². The van der Waals surface area contributed by atoms with Crippen LogP contribution < -0.4 is 0 Å². The maximum absolute atomic E-state index is 13.1. The third kappa shape index (κ3) is 3.63. The molecule has 1 atom stereocenters. The van der Waals surface area contributed by atoms with Crippen LogP contribution in [0, 0.1) is 5.92 Å². The van der Waals surface area contributed by atoms with E-state index < -0.39 is 40.2 Å². The summed E-state index contributed by atoms with van der Waals surface area (Å²) in [6.07, 6.45) is -5.02. The fourth-order valence-corrected chi connectivity index (χ4v) is 4.77. The Kier molecular flexibility index (Phi) is 5.47. The number of carbonyl (C=O) groups is 1. The molecule has 7 nitrogen and oxygen atoms in total. The Labute approximate surface area is 164 Å². The molecule has 0 radical (unpaired) electrons. The summed E-state index contributed by atoms with van der Waals surface area (Å²) in [5.41, 5.74) is -3.36. The molecule has 0 bridgehead atoms. The average molecular weight is 440 g/mol. The normalized spacial score (nSPS) is 24.7. The van der Waals surface area contributed by atoms with Gasteiger partial charge in [0.1, 0.15) is 0 Å². The minimum atomic E-state index is -5.06. The molecular formula is C16H17ClF3N3O4S. The van der Waals surface area contributed by atoms with Crippen LogP contribution in [-0.2, 0) is 14.8 Å². The number of hydrogen-bond acceptors (Lipinski definition) is 5. The zero-order valence-corrected chi connectivity index (χ0v) is 16.0. The number of hydrogen-bond donors (Lipinski definition) is 1. The van der Waals surface area contributed by atoms with E-state index in [-0.39, 0.29) is 35.8 Å². The molecule has 1 N–H and O–H groups in total. The number of benzene rings is 1. The van der Waals surface area contributed by atoms with E-state index in [4.69, 9.17) is 11.6 Å². The number of hydrazone groups is 1. The van der Waals surface area contributed by atoms with Crippen molar-refractivity contribution in [3.8, 4) is 0 Å². The topological polar surface area (TPSA) is 90.3 Å². The zero-order valence-electron chi connectivity index (χ0n) is 14.4.